The van der Waals surface area contributed by atoms with Gasteiger partial charge in [0.15, 0.2) is 0 Å². The lowest BCUT2D eigenvalue weighted by Gasteiger charge is -2.29. The summed E-state index contributed by atoms with van der Waals surface area (Å²) in [5.41, 5.74) is 3.22. The van der Waals surface area contributed by atoms with Crippen molar-refractivity contribution in [1.29, 1.82) is 0 Å². The van der Waals surface area contributed by atoms with E-state index in [0.29, 0.717) is 17.4 Å². The Balaban J connectivity index is 1.34. The van der Waals surface area contributed by atoms with E-state index in [1.54, 1.807) is 14.2 Å². The number of halogens is 1. The SMILES string of the molecule is COc1cc(-c2ccc([CH]C(OCC3CC3)c3ccc(N4CCOCC4)cc3)o2)cc(OC)c1Br. The van der Waals surface area contributed by atoms with E-state index in [1.165, 1.54) is 18.5 Å². The van der Waals surface area contributed by atoms with E-state index in [-0.39, 0.29) is 6.10 Å². The number of furan rings is 1. The van der Waals surface area contributed by atoms with E-state index < -0.39 is 0 Å². The summed E-state index contributed by atoms with van der Waals surface area (Å²) in [5, 5.41) is 0. The first-order valence-corrected chi connectivity index (χ1v) is 12.8. The zero-order chi connectivity index (χ0) is 24.2. The highest BCUT2D eigenvalue weighted by Gasteiger charge is 2.25. The average molecular weight is 541 g/mol. The number of anilines is 1. The van der Waals surface area contributed by atoms with E-state index in [2.05, 4.69) is 51.5 Å². The molecule has 6 nitrogen and oxygen atoms in total. The van der Waals surface area contributed by atoms with Crippen LogP contribution in [0.2, 0.25) is 0 Å². The Bertz CT molecular complexity index is 1090. The van der Waals surface area contributed by atoms with E-state index >= 15 is 0 Å². The van der Waals surface area contributed by atoms with E-state index in [1.807, 2.05) is 24.3 Å². The maximum atomic E-state index is 6.35. The van der Waals surface area contributed by atoms with Gasteiger partial charge >= 0.3 is 0 Å². The molecule has 1 radical (unpaired) electrons. The lowest BCUT2D eigenvalue weighted by atomic mass is 10.0. The topological polar surface area (TPSA) is 53.3 Å². The van der Waals surface area contributed by atoms with Crippen LogP contribution in [0, 0.1) is 12.3 Å². The molecule has 1 saturated heterocycles. The number of methoxy groups -OCH3 is 2. The molecule has 185 valence electrons. The second-order valence-corrected chi connectivity index (χ2v) is 9.74. The zero-order valence-electron chi connectivity index (χ0n) is 20.2. The van der Waals surface area contributed by atoms with Crippen LogP contribution < -0.4 is 14.4 Å². The molecule has 1 saturated carbocycles. The smallest absolute Gasteiger partial charge is 0.137 e. The summed E-state index contributed by atoms with van der Waals surface area (Å²) in [5.74, 6) is 3.55. The van der Waals surface area contributed by atoms with Crippen LogP contribution in [0.15, 0.2) is 57.4 Å². The highest BCUT2D eigenvalue weighted by molar-refractivity contribution is 9.10. The highest BCUT2D eigenvalue weighted by Crippen LogP contribution is 2.40. The Morgan fingerprint density at radius 3 is 2.31 bits per heavy atom. The monoisotopic (exact) mass is 540 g/mol. The first kappa shape index (κ1) is 24.2. The standard InChI is InChI=1S/C28H31BrNO5/c1-31-26-15-21(16-27(32-2)28(26)29)24-10-9-23(35-24)17-25(34-18-19-3-4-19)20-5-7-22(8-6-20)30-11-13-33-14-12-30/h5-10,15-17,19,25H,3-4,11-14,18H2,1-2H3. The van der Waals surface area contributed by atoms with Crippen molar-refractivity contribution < 1.29 is 23.4 Å². The number of morpholine rings is 1. The average Bonchev–Trinajstić information content (AvgIpc) is 3.62. The van der Waals surface area contributed by atoms with Crippen molar-refractivity contribution in [1.82, 2.24) is 0 Å². The normalized spacial score (nSPS) is 16.8. The minimum atomic E-state index is -0.178. The van der Waals surface area contributed by atoms with Crippen LogP contribution in [0.1, 0.15) is 30.3 Å². The molecule has 2 aromatic carbocycles. The number of hydrogen-bond donors (Lipinski definition) is 0. The van der Waals surface area contributed by atoms with Gasteiger partial charge in [0.05, 0.1) is 46.6 Å². The molecule has 1 aliphatic carbocycles. The third-order valence-corrected chi connectivity index (χ3v) is 7.26. The van der Waals surface area contributed by atoms with Crippen LogP contribution in [-0.4, -0.2) is 47.1 Å². The second kappa shape index (κ2) is 11.1. The molecule has 0 bridgehead atoms. The number of nitrogens with zero attached hydrogens (tertiary/aromatic N) is 1. The molecular formula is C28H31BrNO5. The van der Waals surface area contributed by atoms with Crippen LogP contribution in [-0.2, 0) is 9.47 Å². The zero-order valence-corrected chi connectivity index (χ0v) is 21.8. The van der Waals surface area contributed by atoms with E-state index in [4.69, 9.17) is 23.4 Å². The predicted molar refractivity (Wildman–Crippen MR) is 139 cm³/mol. The lowest BCUT2D eigenvalue weighted by Crippen LogP contribution is -2.36. The van der Waals surface area contributed by atoms with Crippen molar-refractivity contribution in [3.05, 3.63) is 70.7 Å². The van der Waals surface area contributed by atoms with Crippen molar-refractivity contribution in [2.45, 2.75) is 18.9 Å². The number of benzene rings is 2. The molecule has 2 heterocycles. The highest BCUT2D eigenvalue weighted by atomic mass is 79.9. The number of rotatable bonds is 10. The fourth-order valence-corrected chi connectivity index (χ4v) is 4.77. The maximum Gasteiger partial charge on any atom is 0.137 e. The van der Waals surface area contributed by atoms with E-state index in [9.17, 15) is 0 Å². The summed E-state index contributed by atoms with van der Waals surface area (Å²) in [6.45, 7) is 4.17. The van der Waals surface area contributed by atoms with Gasteiger partial charge in [-0.2, -0.15) is 0 Å². The Kier molecular flexibility index (Phi) is 7.66. The van der Waals surface area contributed by atoms with Crippen LogP contribution >= 0.6 is 15.9 Å². The first-order chi connectivity index (χ1) is 17.1. The largest absolute Gasteiger partial charge is 0.495 e. The summed E-state index contributed by atoms with van der Waals surface area (Å²) >= 11 is 3.52. The number of ether oxygens (including phenoxy) is 4. The molecule has 2 aliphatic rings. The summed E-state index contributed by atoms with van der Waals surface area (Å²) < 4.78 is 29.8. The molecule has 35 heavy (non-hydrogen) atoms. The molecule has 0 N–H and O–H groups in total. The van der Waals surface area contributed by atoms with Gasteiger partial charge in [0.1, 0.15) is 27.5 Å². The van der Waals surface area contributed by atoms with Gasteiger partial charge in [-0.3, -0.25) is 0 Å². The summed E-state index contributed by atoms with van der Waals surface area (Å²) in [4.78, 5) is 2.36. The predicted octanol–water partition coefficient (Wildman–Crippen LogP) is 6.28. The van der Waals surface area contributed by atoms with Crippen molar-refractivity contribution >= 4 is 21.6 Å². The molecule has 1 aliphatic heterocycles. The number of hydrogen-bond acceptors (Lipinski definition) is 6. The quantitative estimate of drug-likeness (QED) is 0.301. The fourth-order valence-electron chi connectivity index (χ4n) is 4.22. The third kappa shape index (κ3) is 5.85. The minimum Gasteiger partial charge on any atom is -0.495 e. The second-order valence-electron chi connectivity index (χ2n) is 8.95. The van der Waals surface area contributed by atoms with Gasteiger partial charge in [-0.15, -0.1) is 0 Å². The lowest BCUT2D eigenvalue weighted by molar-refractivity contribution is 0.0667. The molecule has 1 unspecified atom stereocenters. The van der Waals surface area contributed by atoms with Gasteiger partial charge in [-0.1, -0.05) is 12.1 Å². The van der Waals surface area contributed by atoms with Gasteiger partial charge in [0, 0.05) is 24.3 Å². The fraction of sp³-hybridized carbons (Fsp3) is 0.393. The molecule has 1 aromatic heterocycles. The van der Waals surface area contributed by atoms with Crippen molar-refractivity contribution in [3.63, 3.8) is 0 Å². The molecule has 3 aromatic rings. The van der Waals surface area contributed by atoms with Crippen molar-refractivity contribution in [2.24, 2.45) is 5.92 Å². The molecule has 0 spiro atoms. The summed E-state index contributed by atoms with van der Waals surface area (Å²) in [6.07, 6.45) is 4.38. The van der Waals surface area contributed by atoms with Crippen LogP contribution in [0.4, 0.5) is 5.69 Å². The maximum absolute atomic E-state index is 6.35. The van der Waals surface area contributed by atoms with E-state index in [0.717, 1.165) is 60.0 Å². The van der Waals surface area contributed by atoms with Gasteiger partial charge in [0.2, 0.25) is 0 Å². The Morgan fingerprint density at radius 2 is 1.69 bits per heavy atom. The minimum absolute atomic E-state index is 0.178. The Hall–Kier alpha value is -2.48. The molecule has 1 atom stereocenters. The van der Waals surface area contributed by atoms with Crippen molar-refractivity contribution in [3.8, 4) is 22.8 Å². The van der Waals surface area contributed by atoms with Crippen LogP contribution in [0.5, 0.6) is 11.5 Å². The molecule has 0 amide bonds. The molecule has 5 rings (SSSR count). The first-order valence-electron chi connectivity index (χ1n) is 12.1. The molecular weight excluding hydrogens is 510 g/mol. The Labute approximate surface area is 215 Å². The molecule has 7 heteroatoms. The van der Waals surface area contributed by atoms with Gasteiger partial charge in [-0.05, 0) is 76.7 Å². The van der Waals surface area contributed by atoms with Gasteiger partial charge in [0.25, 0.3) is 0 Å². The third-order valence-electron chi connectivity index (χ3n) is 6.48. The van der Waals surface area contributed by atoms with Crippen LogP contribution in [0.25, 0.3) is 11.3 Å². The van der Waals surface area contributed by atoms with Gasteiger partial charge < -0.3 is 28.3 Å². The van der Waals surface area contributed by atoms with Crippen LogP contribution in [0.3, 0.4) is 0 Å². The van der Waals surface area contributed by atoms with Crippen molar-refractivity contribution in [2.75, 3.05) is 52.0 Å². The molecule has 2 fully saturated rings. The Morgan fingerprint density at radius 1 is 1.00 bits per heavy atom. The van der Waals surface area contributed by atoms with Gasteiger partial charge in [-0.25, -0.2) is 0 Å². The summed E-state index contributed by atoms with van der Waals surface area (Å²) in [6, 6.07) is 16.5. The summed E-state index contributed by atoms with van der Waals surface area (Å²) in [7, 11) is 3.27.